The Bertz CT molecular complexity index is 811. The number of aryl methyl sites for hydroxylation is 1. The Morgan fingerprint density at radius 3 is 2.23 bits per heavy atom. The molecule has 1 aliphatic rings. The van der Waals surface area contributed by atoms with Crippen LogP contribution in [-0.2, 0) is 14.3 Å². The van der Waals surface area contributed by atoms with Crippen molar-refractivity contribution in [3.8, 4) is 0 Å². The molecule has 0 aliphatic carbocycles. The van der Waals surface area contributed by atoms with Crippen LogP contribution in [0.1, 0.15) is 46.5 Å². The van der Waals surface area contributed by atoms with Gasteiger partial charge < -0.3 is 10.1 Å². The second-order valence-corrected chi connectivity index (χ2v) is 7.15. The number of urea groups is 1. The zero-order chi connectivity index (χ0) is 19.8. The monoisotopic (exact) mass is 360 g/mol. The first kappa shape index (κ1) is 19.6. The van der Waals surface area contributed by atoms with Crippen molar-refractivity contribution < 1.29 is 23.9 Å². The maximum atomic E-state index is 12.4. The summed E-state index contributed by atoms with van der Waals surface area (Å²) in [4.78, 5) is 49.0. The predicted molar refractivity (Wildman–Crippen MR) is 95.0 cm³/mol. The number of esters is 1. The number of imide groups is 1. The number of nitrogens with one attached hydrogen (secondary N) is 1. The summed E-state index contributed by atoms with van der Waals surface area (Å²) in [6.07, 6.45) is 0. The average molecular weight is 360 g/mol. The van der Waals surface area contributed by atoms with E-state index in [1.807, 2.05) is 27.7 Å². The second kappa shape index (κ2) is 6.90. The van der Waals surface area contributed by atoms with Crippen LogP contribution >= 0.6 is 0 Å². The molecule has 0 saturated carbocycles. The average Bonchev–Trinajstić information content (AvgIpc) is 2.75. The fraction of sp³-hybridized carbons (Fsp3) is 0.474. The molecule has 0 bridgehead atoms. The minimum atomic E-state index is -1.05. The Kier molecular flexibility index (Phi) is 5.21. The molecule has 2 rings (SSSR count). The molecule has 140 valence electrons. The molecule has 3 amide bonds. The molecule has 0 unspecified atom stereocenters. The smallest absolute Gasteiger partial charge is 0.326 e. The number of benzene rings is 1. The number of hydrogen-bond donors (Lipinski definition) is 1. The molecule has 0 aromatic heterocycles. The van der Waals surface area contributed by atoms with Gasteiger partial charge >= 0.3 is 12.0 Å². The normalized spacial score (nSPS) is 15.8. The SMILES string of the molecule is Cc1cc(C(=O)COC(=O)CN2C(=O)NC(C)(C)C2=O)c(C)c(C)c1C. The maximum absolute atomic E-state index is 12.4. The van der Waals surface area contributed by atoms with E-state index in [1.54, 1.807) is 19.9 Å². The van der Waals surface area contributed by atoms with E-state index in [2.05, 4.69) is 5.32 Å². The molecule has 1 heterocycles. The van der Waals surface area contributed by atoms with Gasteiger partial charge in [-0.1, -0.05) is 0 Å². The van der Waals surface area contributed by atoms with E-state index >= 15 is 0 Å². The maximum Gasteiger partial charge on any atom is 0.326 e. The van der Waals surface area contributed by atoms with Crippen LogP contribution in [0.5, 0.6) is 0 Å². The van der Waals surface area contributed by atoms with E-state index in [9.17, 15) is 19.2 Å². The number of ether oxygens (including phenoxy) is 1. The van der Waals surface area contributed by atoms with Gasteiger partial charge in [-0.25, -0.2) is 4.79 Å². The third-order valence-electron chi connectivity index (χ3n) is 4.88. The molecule has 26 heavy (non-hydrogen) atoms. The third-order valence-corrected chi connectivity index (χ3v) is 4.88. The van der Waals surface area contributed by atoms with Crippen LogP contribution in [0.25, 0.3) is 0 Å². The van der Waals surface area contributed by atoms with E-state index in [0.29, 0.717) is 5.56 Å². The van der Waals surface area contributed by atoms with Crippen LogP contribution in [0.3, 0.4) is 0 Å². The molecule has 0 atom stereocenters. The first-order valence-corrected chi connectivity index (χ1v) is 8.36. The molecule has 1 saturated heterocycles. The summed E-state index contributed by atoms with van der Waals surface area (Å²) in [6, 6.07) is 1.14. The largest absolute Gasteiger partial charge is 0.456 e. The lowest BCUT2D eigenvalue weighted by molar-refractivity contribution is -0.146. The predicted octanol–water partition coefficient (Wildman–Crippen LogP) is 1.98. The minimum Gasteiger partial charge on any atom is -0.456 e. The lowest BCUT2D eigenvalue weighted by Gasteiger charge is -2.16. The van der Waals surface area contributed by atoms with E-state index in [-0.39, 0.29) is 5.78 Å². The first-order chi connectivity index (χ1) is 12.0. The van der Waals surface area contributed by atoms with Gasteiger partial charge in [0.05, 0.1) is 0 Å². The van der Waals surface area contributed by atoms with Gasteiger partial charge in [-0.05, 0) is 69.9 Å². The van der Waals surface area contributed by atoms with Crippen molar-refractivity contribution in [2.24, 2.45) is 0 Å². The highest BCUT2D eigenvalue weighted by molar-refractivity contribution is 6.08. The zero-order valence-electron chi connectivity index (χ0n) is 16.0. The lowest BCUT2D eigenvalue weighted by atomic mass is 9.93. The van der Waals surface area contributed by atoms with E-state index in [0.717, 1.165) is 27.2 Å². The van der Waals surface area contributed by atoms with Crippen molar-refractivity contribution in [2.75, 3.05) is 13.2 Å². The Labute approximate surface area is 152 Å². The van der Waals surface area contributed by atoms with Crippen LogP contribution < -0.4 is 5.32 Å². The number of nitrogens with zero attached hydrogens (tertiary/aromatic N) is 1. The number of rotatable bonds is 5. The van der Waals surface area contributed by atoms with Crippen LogP contribution in [0.2, 0.25) is 0 Å². The number of carbonyl (C=O) groups is 4. The molecule has 1 aromatic rings. The van der Waals surface area contributed by atoms with Crippen molar-refractivity contribution in [2.45, 2.75) is 47.1 Å². The first-order valence-electron chi connectivity index (χ1n) is 8.36. The van der Waals surface area contributed by atoms with Gasteiger partial charge in [0.15, 0.2) is 6.61 Å². The minimum absolute atomic E-state index is 0.320. The van der Waals surface area contributed by atoms with Crippen molar-refractivity contribution in [3.05, 3.63) is 33.9 Å². The molecule has 7 heteroatoms. The number of amides is 3. The summed E-state index contributed by atoms with van der Waals surface area (Å²) in [5.74, 6) is -1.64. The molecule has 1 N–H and O–H groups in total. The molecular weight excluding hydrogens is 336 g/mol. The van der Waals surface area contributed by atoms with Crippen LogP contribution in [0, 0.1) is 27.7 Å². The van der Waals surface area contributed by atoms with Crippen molar-refractivity contribution in [1.29, 1.82) is 0 Å². The van der Waals surface area contributed by atoms with Gasteiger partial charge in [-0.2, -0.15) is 0 Å². The van der Waals surface area contributed by atoms with Gasteiger partial charge in [-0.15, -0.1) is 0 Å². The van der Waals surface area contributed by atoms with E-state index in [1.165, 1.54) is 0 Å². The molecule has 1 aliphatic heterocycles. The molecule has 7 nitrogen and oxygen atoms in total. The van der Waals surface area contributed by atoms with Gasteiger partial charge in [0.25, 0.3) is 5.91 Å². The topological polar surface area (TPSA) is 92.8 Å². The second-order valence-electron chi connectivity index (χ2n) is 7.15. The Hall–Kier alpha value is -2.70. The zero-order valence-corrected chi connectivity index (χ0v) is 16.0. The summed E-state index contributed by atoms with van der Waals surface area (Å²) in [7, 11) is 0. The molecule has 1 fully saturated rings. The number of Topliss-reactive ketones (excluding diaryl/α,β-unsaturated/α-hetero) is 1. The standard InChI is InChI=1S/C19H24N2O5/c1-10-7-14(13(4)12(3)11(10)2)15(22)9-26-16(23)8-21-17(24)19(5,6)20-18(21)25/h7H,8-9H2,1-6H3,(H,20,25). The summed E-state index contributed by atoms with van der Waals surface area (Å²) >= 11 is 0. The highest BCUT2D eigenvalue weighted by Crippen LogP contribution is 2.22. The van der Waals surface area contributed by atoms with Crippen molar-refractivity contribution in [1.82, 2.24) is 10.2 Å². The summed E-state index contributed by atoms with van der Waals surface area (Å²) in [6.45, 7) is 9.85. The summed E-state index contributed by atoms with van der Waals surface area (Å²) in [5.41, 5.74) is 3.45. The lowest BCUT2D eigenvalue weighted by Crippen LogP contribution is -2.41. The van der Waals surface area contributed by atoms with Crippen molar-refractivity contribution in [3.63, 3.8) is 0 Å². The molecule has 0 spiro atoms. The van der Waals surface area contributed by atoms with E-state index < -0.39 is 36.6 Å². The van der Waals surface area contributed by atoms with Gasteiger partial charge in [0, 0.05) is 5.56 Å². The van der Waals surface area contributed by atoms with Crippen molar-refractivity contribution >= 4 is 23.7 Å². The Balaban J connectivity index is 2.01. The number of hydrogen-bond acceptors (Lipinski definition) is 5. The highest BCUT2D eigenvalue weighted by Gasteiger charge is 2.45. The van der Waals surface area contributed by atoms with Gasteiger partial charge in [0.2, 0.25) is 5.78 Å². The molecule has 0 radical (unpaired) electrons. The highest BCUT2D eigenvalue weighted by atomic mass is 16.5. The van der Waals surface area contributed by atoms with E-state index in [4.69, 9.17) is 4.74 Å². The summed E-state index contributed by atoms with van der Waals surface area (Å²) < 4.78 is 4.99. The Morgan fingerprint density at radius 2 is 1.69 bits per heavy atom. The molecule has 1 aromatic carbocycles. The quantitative estimate of drug-likeness (QED) is 0.492. The summed E-state index contributed by atoms with van der Waals surface area (Å²) in [5, 5.41) is 2.48. The molecular formula is C19H24N2O5. The van der Waals surface area contributed by atoms with Crippen LogP contribution in [0.15, 0.2) is 6.07 Å². The van der Waals surface area contributed by atoms with Crippen LogP contribution in [-0.4, -0.2) is 47.3 Å². The number of carbonyl (C=O) groups excluding carboxylic acids is 4. The van der Waals surface area contributed by atoms with Gasteiger partial charge in [-0.3, -0.25) is 19.3 Å². The third kappa shape index (κ3) is 3.61. The fourth-order valence-electron chi connectivity index (χ4n) is 2.86. The van der Waals surface area contributed by atoms with Crippen LogP contribution in [0.4, 0.5) is 4.79 Å². The number of ketones is 1. The fourth-order valence-corrected chi connectivity index (χ4v) is 2.86. The Morgan fingerprint density at radius 1 is 1.08 bits per heavy atom. The van der Waals surface area contributed by atoms with Gasteiger partial charge in [0.1, 0.15) is 12.1 Å².